The Balaban J connectivity index is 2.31. The van der Waals surface area contributed by atoms with Crippen LogP contribution in [0.15, 0.2) is 0 Å². The monoisotopic (exact) mass is 274 g/mol. The van der Waals surface area contributed by atoms with Crippen LogP contribution in [0, 0.1) is 0 Å². The van der Waals surface area contributed by atoms with Crippen LogP contribution < -0.4 is 10.6 Å². The Labute approximate surface area is 110 Å². The van der Waals surface area contributed by atoms with Crippen LogP contribution in [-0.4, -0.2) is 46.0 Å². The highest BCUT2D eigenvalue weighted by atomic mass is 32.2. The third-order valence-corrected chi connectivity index (χ3v) is 4.05. The molecule has 1 heterocycles. The lowest BCUT2D eigenvalue weighted by atomic mass is 10.1. The number of thioether (sulfide) groups is 1. The highest BCUT2D eigenvalue weighted by Gasteiger charge is 2.37. The number of nitrogens with one attached hydrogen (secondary N) is 2. The third-order valence-electron chi connectivity index (χ3n) is 2.65. The van der Waals surface area contributed by atoms with Gasteiger partial charge in [0.2, 0.25) is 11.8 Å². The predicted molar refractivity (Wildman–Crippen MR) is 68.3 cm³/mol. The zero-order chi connectivity index (χ0) is 13.8. The summed E-state index contributed by atoms with van der Waals surface area (Å²) >= 11 is 1.44. The molecule has 0 aromatic heterocycles. The maximum absolute atomic E-state index is 11.7. The SMILES string of the molecule is CC1(C)SC[C@H](C(=O)NCCCC(=O)O)NC1=O. The summed E-state index contributed by atoms with van der Waals surface area (Å²) in [5.74, 6) is -0.752. The number of carboxylic acids is 1. The van der Waals surface area contributed by atoms with Crippen LogP contribution in [0.5, 0.6) is 0 Å². The first-order valence-corrected chi connectivity index (χ1v) is 6.76. The maximum atomic E-state index is 11.7. The molecule has 1 atom stereocenters. The quantitative estimate of drug-likeness (QED) is 0.612. The summed E-state index contributed by atoms with van der Waals surface area (Å²) in [7, 11) is 0. The van der Waals surface area contributed by atoms with Gasteiger partial charge in [0.1, 0.15) is 6.04 Å². The standard InChI is InChI=1S/C11H18N2O4S/c1-11(2)10(17)13-7(6-18-11)9(16)12-5-3-4-8(14)15/h7H,3-6H2,1-2H3,(H,12,16)(H,13,17)(H,14,15)/t7-/m1/s1. The molecular formula is C11H18N2O4S. The Bertz CT molecular complexity index is 357. The van der Waals surface area contributed by atoms with Crippen LogP contribution in [0.2, 0.25) is 0 Å². The van der Waals surface area contributed by atoms with Gasteiger partial charge in [0.25, 0.3) is 0 Å². The fraction of sp³-hybridized carbons (Fsp3) is 0.727. The molecule has 0 aromatic carbocycles. The molecule has 1 aliphatic rings. The molecule has 0 saturated carbocycles. The Morgan fingerprint density at radius 3 is 2.78 bits per heavy atom. The van der Waals surface area contributed by atoms with E-state index in [-0.39, 0.29) is 18.2 Å². The number of carbonyl (C=O) groups excluding carboxylic acids is 2. The Morgan fingerprint density at radius 2 is 2.22 bits per heavy atom. The predicted octanol–water partition coefficient (Wildman–Crippen LogP) is -0.0224. The van der Waals surface area contributed by atoms with Crippen LogP contribution in [0.1, 0.15) is 26.7 Å². The summed E-state index contributed by atoms with van der Waals surface area (Å²) in [6, 6.07) is -0.527. The van der Waals surface area contributed by atoms with Gasteiger partial charge in [-0.3, -0.25) is 14.4 Å². The average Bonchev–Trinajstić information content (AvgIpc) is 2.27. The fourth-order valence-electron chi connectivity index (χ4n) is 1.45. The zero-order valence-corrected chi connectivity index (χ0v) is 11.3. The van der Waals surface area contributed by atoms with E-state index in [2.05, 4.69) is 10.6 Å². The lowest BCUT2D eigenvalue weighted by molar-refractivity contribution is -0.137. The molecule has 0 radical (unpaired) electrons. The van der Waals surface area contributed by atoms with E-state index < -0.39 is 16.8 Å². The lowest BCUT2D eigenvalue weighted by Gasteiger charge is -2.32. The first-order chi connectivity index (χ1) is 8.33. The normalized spacial score (nSPS) is 22.1. The topological polar surface area (TPSA) is 95.5 Å². The number of hydrogen-bond donors (Lipinski definition) is 3. The van der Waals surface area contributed by atoms with Gasteiger partial charge in [0.15, 0.2) is 0 Å². The van der Waals surface area contributed by atoms with Gasteiger partial charge >= 0.3 is 5.97 Å². The highest BCUT2D eigenvalue weighted by Crippen LogP contribution is 2.28. The molecule has 1 aliphatic heterocycles. The summed E-state index contributed by atoms with van der Waals surface area (Å²) in [4.78, 5) is 33.7. The van der Waals surface area contributed by atoms with Crippen molar-refractivity contribution in [1.82, 2.24) is 10.6 Å². The number of rotatable bonds is 5. The zero-order valence-electron chi connectivity index (χ0n) is 10.5. The van der Waals surface area contributed by atoms with Gasteiger partial charge in [-0.05, 0) is 20.3 Å². The van der Waals surface area contributed by atoms with Crippen LogP contribution in [0.4, 0.5) is 0 Å². The molecule has 2 amide bonds. The molecule has 1 rings (SSSR count). The average molecular weight is 274 g/mol. The van der Waals surface area contributed by atoms with Crippen molar-refractivity contribution in [3.8, 4) is 0 Å². The molecule has 1 saturated heterocycles. The molecule has 0 bridgehead atoms. The van der Waals surface area contributed by atoms with Gasteiger partial charge in [-0.2, -0.15) is 0 Å². The molecule has 0 aliphatic carbocycles. The van der Waals surface area contributed by atoms with Gasteiger partial charge in [0, 0.05) is 18.7 Å². The summed E-state index contributed by atoms with van der Waals surface area (Å²) in [5, 5.41) is 13.7. The molecular weight excluding hydrogens is 256 g/mol. The summed E-state index contributed by atoms with van der Waals surface area (Å²) < 4.78 is -0.500. The fourth-order valence-corrected chi connectivity index (χ4v) is 2.45. The highest BCUT2D eigenvalue weighted by molar-refractivity contribution is 8.01. The van der Waals surface area contributed by atoms with Gasteiger partial charge in [-0.1, -0.05) is 0 Å². The minimum absolute atomic E-state index is 0.0269. The first-order valence-electron chi connectivity index (χ1n) is 5.77. The van der Waals surface area contributed by atoms with E-state index in [0.717, 1.165) is 0 Å². The van der Waals surface area contributed by atoms with E-state index >= 15 is 0 Å². The van der Waals surface area contributed by atoms with Crippen LogP contribution in [0.25, 0.3) is 0 Å². The van der Waals surface area contributed by atoms with Gasteiger partial charge in [0.05, 0.1) is 4.75 Å². The number of carboxylic acid groups (broad SMARTS) is 1. The number of hydrogen-bond acceptors (Lipinski definition) is 4. The lowest BCUT2D eigenvalue weighted by Crippen LogP contribution is -2.57. The van der Waals surface area contributed by atoms with Crippen LogP contribution in [-0.2, 0) is 14.4 Å². The van der Waals surface area contributed by atoms with Crippen molar-refractivity contribution in [3.05, 3.63) is 0 Å². The molecule has 3 N–H and O–H groups in total. The van der Waals surface area contributed by atoms with Gasteiger partial charge in [-0.15, -0.1) is 11.8 Å². The van der Waals surface area contributed by atoms with E-state index in [1.54, 1.807) is 0 Å². The second-order valence-electron chi connectivity index (χ2n) is 4.64. The van der Waals surface area contributed by atoms with E-state index in [4.69, 9.17) is 5.11 Å². The van der Waals surface area contributed by atoms with Crippen molar-refractivity contribution in [3.63, 3.8) is 0 Å². The summed E-state index contributed by atoms with van der Waals surface area (Å²) in [5.41, 5.74) is 0. The van der Waals surface area contributed by atoms with Crippen LogP contribution >= 0.6 is 11.8 Å². The second kappa shape index (κ2) is 6.08. The summed E-state index contributed by atoms with van der Waals surface area (Å²) in [6.07, 6.45) is 0.416. The Kier molecular flexibility index (Phi) is 5.01. The molecule has 6 nitrogen and oxygen atoms in total. The minimum Gasteiger partial charge on any atom is -0.481 e. The minimum atomic E-state index is -0.882. The number of amides is 2. The van der Waals surface area contributed by atoms with Crippen molar-refractivity contribution in [2.24, 2.45) is 0 Å². The van der Waals surface area contributed by atoms with Crippen molar-refractivity contribution in [2.75, 3.05) is 12.3 Å². The van der Waals surface area contributed by atoms with E-state index in [1.165, 1.54) is 11.8 Å². The Morgan fingerprint density at radius 1 is 1.56 bits per heavy atom. The smallest absolute Gasteiger partial charge is 0.303 e. The molecule has 18 heavy (non-hydrogen) atoms. The van der Waals surface area contributed by atoms with E-state index in [9.17, 15) is 14.4 Å². The van der Waals surface area contributed by atoms with Crippen molar-refractivity contribution >= 4 is 29.5 Å². The number of carbonyl (C=O) groups is 3. The third kappa shape index (κ3) is 4.21. The molecule has 0 aromatic rings. The molecule has 0 unspecified atom stereocenters. The number of aliphatic carboxylic acids is 1. The van der Waals surface area contributed by atoms with Crippen molar-refractivity contribution in [2.45, 2.75) is 37.5 Å². The van der Waals surface area contributed by atoms with Crippen molar-refractivity contribution < 1.29 is 19.5 Å². The first kappa shape index (κ1) is 14.8. The molecule has 1 fully saturated rings. The van der Waals surface area contributed by atoms with Crippen molar-refractivity contribution in [1.29, 1.82) is 0 Å². The Hall–Kier alpha value is -1.24. The maximum Gasteiger partial charge on any atom is 0.303 e. The van der Waals surface area contributed by atoms with E-state index in [1.807, 2.05) is 13.8 Å². The van der Waals surface area contributed by atoms with Crippen LogP contribution in [0.3, 0.4) is 0 Å². The molecule has 0 spiro atoms. The van der Waals surface area contributed by atoms with Gasteiger partial charge < -0.3 is 15.7 Å². The molecule has 7 heteroatoms. The summed E-state index contributed by atoms with van der Waals surface area (Å²) in [6.45, 7) is 3.94. The van der Waals surface area contributed by atoms with E-state index in [0.29, 0.717) is 18.7 Å². The van der Waals surface area contributed by atoms with Gasteiger partial charge in [-0.25, -0.2) is 0 Å². The second-order valence-corrected chi connectivity index (χ2v) is 6.28. The largest absolute Gasteiger partial charge is 0.481 e. The molecule has 102 valence electrons.